The number of nitrogens with zero attached hydrogens (tertiary/aromatic N) is 2. The van der Waals surface area contributed by atoms with E-state index in [9.17, 15) is 9.18 Å². The van der Waals surface area contributed by atoms with Gasteiger partial charge in [0.25, 0.3) is 8.32 Å². The van der Waals surface area contributed by atoms with Gasteiger partial charge in [-0.25, -0.2) is 22.4 Å². The summed E-state index contributed by atoms with van der Waals surface area (Å²) < 4.78 is 83.4. The number of rotatable bonds is 9. The molecule has 8 rings (SSSR count). The predicted octanol–water partition coefficient (Wildman–Crippen LogP) is 8.25. The smallest absolute Gasteiger partial charge is 0.410 e. The molecule has 5 aromatic rings. The first-order valence-corrected chi connectivity index (χ1v) is 21.5. The standard InChI is InChI=1S/C45H49F4N3O4Si/c1-27-19-33-32-20-28(46)17-18-37(32)50-40(33)41(39-35(47)21-29(22-36(39)48)55-30-23-51(24-30)42(53)56-43(2,3)4)52(27)25-45(7,49)26-54-57(31-13-9-8-10-14-31)38-16-12-11-15-34(38)44(57,5)6/h8-18,20-22,27,30,41,50H,19,23-26H2,1-7H3. The molecule has 0 saturated carbocycles. The summed E-state index contributed by atoms with van der Waals surface area (Å²) in [5, 5.41) is 2.44. The molecule has 1 N–H and O–H groups in total. The Morgan fingerprint density at radius 3 is 2.28 bits per heavy atom. The van der Waals surface area contributed by atoms with Crippen molar-refractivity contribution < 1.29 is 36.3 Å². The number of nitrogens with one attached hydrogen (secondary N) is 1. The van der Waals surface area contributed by atoms with E-state index in [4.69, 9.17) is 13.9 Å². The molecule has 1 amide bonds. The van der Waals surface area contributed by atoms with Crippen molar-refractivity contribution in [2.45, 2.75) is 89.4 Å². The highest BCUT2D eigenvalue weighted by Crippen LogP contribution is 2.46. The van der Waals surface area contributed by atoms with Crippen molar-refractivity contribution in [2.75, 3.05) is 26.2 Å². The van der Waals surface area contributed by atoms with Crippen LogP contribution < -0.4 is 15.1 Å². The monoisotopic (exact) mass is 799 g/mol. The van der Waals surface area contributed by atoms with E-state index in [2.05, 4.69) is 43.1 Å². The first-order valence-electron chi connectivity index (χ1n) is 19.6. The normalized spacial score (nSPS) is 22.9. The van der Waals surface area contributed by atoms with Crippen molar-refractivity contribution >= 4 is 35.7 Å². The van der Waals surface area contributed by atoms with Crippen LogP contribution in [0.3, 0.4) is 0 Å². The Morgan fingerprint density at radius 2 is 1.60 bits per heavy atom. The van der Waals surface area contributed by atoms with Gasteiger partial charge in [-0.3, -0.25) is 4.90 Å². The van der Waals surface area contributed by atoms with E-state index in [1.54, 1.807) is 31.7 Å². The first kappa shape index (κ1) is 39.2. The fraction of sp³-hybridized carbons (Fsp3) is 0.400. The van der Waals surface area contributed by atoms with E-state index in [0.29, 0.717) is 23.0 Å². The van der Waals surface area contributed by atoms with Gasteiger partial charge in [-0.1, -0.05) is 68.4 Å². The van der Waals surface area contributed by atoms with Crippen molar-refractivity contribution in [3.63, 3.8) is 0 Å². The number of hydrogen-bond acceptors (Lipinski definition) is 5. The highest BCUT2D eigenvalue weighted by Gasteiger charge is 2.63. The molecular formula is C45H49F4N3O4Si. The number of hydrogen-bond donors (Lipinski definition) is 1. The van der Waals surface area contributed by atoms with Crippen molar-refractivity contribution in [1.82, 2.24) is 14.8 Å². The fourth-order valence-electron chi connectivity index (χ4n) is 9.17. The Morgan fingerprint density at radius 1 is 0.930 bits per heavy atom. The van der Waals surface area contributed by atoms with Crippen LogP contribution in [0, 0.1) is 17.5 Å². The maximum absolute atomic E-state index is 17.4. The minimum Gasteiger partial charge on any atom is -0.487 e. The molecule has 0 bridgehead atoms. The van der Waals surface area contributed by atoms with Gasteiger partial charge in [0.05, 0.1) is 25.7 Å². The minimum atomic E-state index is -2.95. The predicted molar refractivity (Wildman–Crippen MR) is 215 cm³/mol. The number of fused-ring (bicyclic) bond motifs is 4. The zero-order valence-electron chi connectivity index (χ0n) is 33.4. The molecule has 7 nitrogen and oxygen atoms in total. The lowest BCUT2D eigenvalue weighted by molar-refractivity contribution is -0.0223. The summed E-state index contributed by atoms with van der Waals surface area (Å²) in [4.78, 5) is 19.0. The molecule has 3 aliphatic rings. The molecule has 4 unspecified atom stereocenters. The second-order valence-electron chi connectivity index (χ2n) is 17.7. The molecule has 300 valence electrons. The molecule has 57 heavy (non-hydrogen) atoms. The molecule has 3 aliphatic heterocycles. The molecule has 0 radical (unpaired) electrons. The van der Waals surface area contributed by atoms with Crippen LogP contribution in [0.15, 0.2) is 84.9 Å². The lowest BCUT2D eigenvalue weighted by atomic mass is 9.87. The number of benzene rings is 4. The van der Waals surface area contributed by atoms with E-state index in [-0.39, 0.29) is 42.6 Å². The van der Waals surface area contributed by atoms with Gasteiger partial charge in [-0.15, -0.1) is 0 Å². The Kier molecular flexibility index (Phi) is 9.64. The summed E-state index contributed by atoms with van der Waals surface area (Å²) in [6.45, 7) is 13.0. The summed E-state index contributed by atoms with van der Waals surface area (Å²) in [5.41, 5.74) is 0.123. The fourth-order valence-corrected chi connectivity index (χ4v) is 14.3. The van der Waals surface area contributed by atoms with E-state index >= 15 is 13.2 Å². The second-order valence-corrected chi connectivity index (χ2v) is 21.7. The van der Waals surface area contributed by atoms with Gasteiger partial charge in [0, 0.05) is 51.9 Å². The average Bonchev–Trinajstić information content (AvgIpc) is 3.47. The van der Waals surface area contributed by atoms with E-state index in [0.717, 1.165) is 28.1 Å². The molecule has 0 aliphatic carbocycles. The molecule has 4 heterocycles. The van der Waals surface area contributed by atoms with Gasteiger partial charge in [0.2, 0.25) is 0 Å². The zero-order valence-corrected chi connectivity index (χ0v) is 34.4. The lowest BCUT2D eigenvalue weighted by Crippen LogP contribution is -2.81. The number of halogens is 4. The van der Waals surface area contributed by atoms with Gasteiger partial charge in [0.1, 0.15) is 40.6 Å². The molecule has 1 saturated heterocycles. The number of amides is 1. The van der Waals surface area contributed by atoms with Gasteiger partial charge < -0.3 is 23.8 Å². The molecule has 0 spiro atoms. The minimum absolute atomic E-state index is 0.0276. The van der Waals surface area contributed by atoms with Crippen LogP contribution in [0.5, 0.6) is 5.75 Å². The third kappa shape index (κ3) is 6.83. The number of aromatic nitrogens is 1. The Bertz CT molecular complexity index is 2320. The number of likely N-dealkylation sites (tertiary alicyclic amines) is 1. The first-order chi connectivity index (χ1) is 26.9. The Labute approximate surface area is 332 Å². The summed E-state index contributed by atoms with van der Waals surface area (Å²) >= 11 is 0. The second kappa shape index (κ2) is 14.0. The molecule has 12 heteroatoms. The van der Waals surface area contributed by atoms with Crippen LogP contribution in [0.1, 0.15) is 76.9 Å². The molecular weight excluding hydrogens is 751 g/mol. The van der Waals surface area contributed by atoms with E-state index < -0.39 is 61.3 Å². The quantitative estimate of drug-likeness (QED) is 0.120. The number of carbonyl (C=O) groups excluding carboxylic acids is 1. The van der Waals surface area contributed by atoms with Crippen LogP contribution in [0.25, 0.3) is 10.9 Å². The topological polar surface area (TPSA) is 67.0 Å². The molecule has 4 atom stereocenters. The third-order valence-corrected chi connectivity index (χ3v) is 16.8. The molecule has 1 aromatic heterocycles. The van der Waals surface area contributed by atoms with Gasteiger partial charge >= 0.3 is 6.09 Å². The highest BCUT2D eigenvalue weighted by atomic mass is 28.4. The van der Waals surface area contributed by atoms with Crippen molar-refractivity contribution in [3.05, 3.63) is 125 Å². The largest absolute Gasteiger partial charge is 0.487 e. The number of H-pyrrole nitrogens is 1. The number of alkyl halides is 1. The molecule has 4 aromatic carbocycles. The summed E-state index contributed by atoms with van der Waals surface area (Å²) in [7, 11) is -2.95. The summed E-state index contributed by atoms with van der Waals surface area (Å²) in [5.74, 6) is -2.19. The Balaban J connectivity index is 1.11. The molecule has 1 fully saturated rings. The Hall–Kier alpha value is -4.65. The van der Waals surface area contributed by atoms with Crippen LogP contribution in [-0.2, 0) is 20.6 Å². The number of aromatic amines is 1. The zero-order chi connectivity index (χ0) is 40.7. The van der Waals surface area contributed by atoms with Gasteiger partial charge in [-0.2, -0.15) is 0 Å². The van der Waals surface area contributed by atoms with Gasteiger partial charge in [-0.05, 0) is 80.7 Å². The van der Waals surface area contributed by atoms with Crippen molar-refractivity contribution in [2.24, 2.45) is 0 Å². The maximum Gasteiger partial charge on any atom is 0.410 e. The van der Waals surface area contributed by atoms with Crippen LogP contribution in [0.4, 0.5) is 22.4 Å². The van der Waals surface area contributed by atoms with Crippen LogP contribution in [-0.4, -0.2) is 78.9 Å². The highest BCUT2D eigenvalue weighted by molar-refractivity contribution is 7.03. The third-order valence-electron chi connectivity index (χ3n) is 11.8. The maximum atomic E-state index is 17.4. The van der Waals surface area contributed by atoms with Crippen molar-refractivity contribution in [3.8, 4) is 5.75 Å². The van der Waals surface area contributed by atoms with Crippen LogP contribution >= 0.6 is 0 Å². The van der Waals surface area contributed by atoms with Crippen molar-refractivity contribution in [1.29, 1.82) is 0 Å². The summed E-state index contributed by atoms with van der Waals surface area (Å²) in [6, 6.07) is 23.4. The average molecular weight is 800 g/mol. The van der Waals surface area contributed by atoms with Crippen LogP contribution in [0.2, 0.25) is 0 Å². The lowest BCUT2D eigenvalue weighted by Gasteiger charge is -2.55. The summed E-state index contributed by atoms with van der Waals surface area (Å²) in [6.07, 6.45) is -0.568. The van der Waals surface area contributed by atoms with E-state index in [1.807, 2.05) is 37.3 Å². The number of ether oxygens (including phenoxy) is 2. The van der Waals surface area contributed by atoms with Gasteiger partial charge in [0.15, 0.2) is 0 Å². The van der Waals surface area contributed by atoms with E-state index in [1.165, 1.54) is 29.5 Å². The SMILES string of the molecule is CC1Cc2c([nH]c3ccc(F)cc23)C(c2c(F)cc(OC3CN(C(=O)OC(C)(C)C)C3)cc2F)N1CC(C)(F)CO[Si]1(c2ccccc2)c2ccccc2C1(C)C. The number of carbonyl (C=O) groups is 1.